The average Bonchev–Trinajstić information content (AvgIpc) is 3.06. The Morgan fingerprint density at radius 2 is 1.75 bits per heavy atom. The van der Waals surface area contributed by atoms with E-state index in [0.29, 0.717) is 22.6 Å². The molecule has 0 saturated carbocycles. The van der Waals surface area contributed by atoms with Crippen molar-refractivity contribution >= 4 is 40.7 Å². The monoisotopic (exact) mass is 452 g/mol. The molecule has 1 aliphatic heterocycles. The molecule has 8 heteroatoms. The predicted octanol–water partition coefficient (Wildman–Crippen LogP) is 3.82. The van der Waals surface area contributed by atoms with E-state index in [1.165, 1.54) is 0 Å². The van der Waals surface area contributed by atoms with Gasteiger partial charge < -0.3 is 10.1 Å². The molecule has 32 heavy (non-hydrogen) atoms. The number of Topliss-reactive ketones (excluding diaryl/α,β-unsaturated/α-hetero) is 1. The highest BCUT2D eigenvalue weighted by molar-refractivity contribution is 8.18. The summed E-state index contributed by atoms with van der Waals surface area (Å²) in [5.74, 6) is -0.232. The molecule has 2 aromatic rings. The van der Waals surface area contributed by atoms with Crippen molar-refractivity contribution in [1.82, 2.24) is 10.2 Å². The van der Waals surface area contributed by atoms with Crippen LogP contribution in [0.2, 0.25) is 0 Å². The Kier molecular flexibility index (Phi) is 7.83. The Hall–Kier alpha value is -3.39. The maximum Gasteiger partial charge on any atom is 0.293 e. The number of carbonyl (C=O) groups is 4. The fourth-order valence-corrected chi connectivity index (χ4v) is 3.82. The lowest BCUT2D eigenvalue weighted by Crippen LogP contribution is -2.38. The molecule has 0 bridgehead atoms. The number of hydrogen-bond acceptors (Lipinski definition) is 6. The van der Waals surface area contributed by atoms with Gasteiger partial charge in [-0.05, 0) is 54.6 Å². The van der Waals surface area contributed by atoms with Crippen molar-refractivity contribution in [3.63, 3.8) is 0 Å². The van der Waals surface area contributed by atoms with Gasteiger partial charge in [0, 0.05) is 25.1 Å². The smallest absolute Gasteiger partial charge is 0.293 e. The Bertz CT molecular complexity index is 1050. The first kappa shape index (κ1) is 23.3. The van der Waals surface area contributed by atoms with Crippen molar-refractivity contribution in [2.75, 3.05) is 19.7 Å². The van der Waals surface area contributed by atoms with Crippen molar-refractivity contribution < 1.29 is 23.9 Å². The molecule has 0 atom stereocenters. The molecule has 1 saturated heterocycles. The third-order valence-corrected chi connectivity index (χ3v) is 5.68. The fourth-order valence-electron chi connectivity index (χ4n) is 2.96. The molecule has 0 spiro atoms. The number of imide groups is 1. The van der Waals surface area contributed by atoms with E-state index in [0.717, 1.165) is 27.8 Å². The van der Waals surface area contributed by atoms with Gasteiger partial charge in [0.15, 0.2) is 12.4 Å². The van der Waals surface area contributed by atoms with E-state index in [2.05, 4.69) is 5.32 Å². The van der Waals surface area contributed by atoms with Gasteiger partial charge in [0.1, 0.15) is 5.75 Å². The summed E-state index contributed by atoms with van der Waals surface area (Å²) in [6.07, 6.45) is 2.11. The molecule has 3 rings (SSSR count). The van der Waals surface area contributed by atoms with E-state index in [1.807, 2.05) is 31.2 Å². The van der Waals surface area contributed by atoms with Crippen molar-refractivity contribution in [2.45, 2.75) is 20.3 Å². The van der Waals surface area contributed by atoms with Crippen LogP contribution in [0, 0.1) is 6.92 Å². The summed E-state index contributed by atoms with van der Waals surface area (Å²) in [5.41, 5.74) is 2.55. The molecule has 1 N–H and O–H groups in total. The zero-order chi connectivity index (χ0) is 23.1. The number of ether oxygens (including phenoxy) is 1. The van der Waals surface area contributed by atoms with E-state index in [4.69, 9.17) is 4.74 Å². The SMILES string of the molecule is CCC(=O)c1ccc(OCC(=O)NCCN2C(=O)S/C(=C\c3ccc(C)cc3)C2=O)cc1. The minimum Gasteiger partial charge on any atom is -0.484 e. The molecule has 1 aliphatic rings. The topological polar surface area (TPSA) is 92.8 Å². The normalized spacial score (nSPS) is 14.7. The number of carbonyl (C=O) groups excluding carboxylic acids is 4. The second-order valence-electron chi connectivity index (χ2n) is 7.18. The number of hydrogen-bond donors (Lipinski definition) is 1. The molecule has 0 unspecified atom stereocenters. The first-order valence-corrected chi connectivity index (χ1v) is 11.0. The minimum atomic E-state index is -0.374. The summed E-state index contributed by atoms with van der Waals surface area (Å²) in [7, 11) is 0. The molecule has 1 heterocycles. The number of amides is 3. The Labute approximate surface area is 190 Å². The lowest BCUT2D eigenvalue weighted by molar-refractivity contribution is -0.125. The van der Waals surface area contributed by atoms with Gasteiger partial charge in [-0.15, -0.1) is 0 Å². The van der Waals surface area contributed by atoms with Crippen LogP contribution in [0.3, 0.4) is 0 Å². The van der Waals surface area contributed by atoms with E-state index >= 15 is 0 Å². The van der Waals surface area contributed by atoms with Gasteiger partial charge in [0.05, 0.1) is 4.91 Å². The van der Waals surface area contributed by atoms with Crippen LogP contribution in [-0.4, -0.2) is 47.4 Å². The van der Waals surface area contributed by atoms with E-state index in [-0.39, 0.29) is 42.5 Å². The van der Waals surface area contributed by atoms with Crippen LogP contribution in [0.4, 0.5) is 4.79 Å². The summed E-state index contributed by atoms with van der Waals surface area (Å²) in [4.78, 5) is 49.8. The Balaban J connectivity index is 1.44. The summed E-state index contributed by atoms with van der Waals surface area (Å²) in [6.45, 7) is 3.76. The van der Waals surface area contributed by atoms with E-state index in [1.54, 1.807) is 37.3 Å². The molecule has 7 nitrogen and oxygen atoms in total. The molecule has 0 radical (unpaired) electrons. The summed E-state index contributed by atoms with van der Waals surface area (Å²) >= 11 is 0.889. The van der Waals surface area contributed by atoms with Gasteiger partial charge in [0.2, 0.25) is 0 Å². The third kappa shape index (κ3) is 6.07. The maximum atomic E-state index is 12.5. The van der Waals surface area contributed by atoms with Crippen LogP contribution >= 0.6 is 11.8 Å². The quantitative estimate of drug-likeness (QED) is 0.459. The van der Waals surface area contributed by atoms with Crippen LogP contribution in [0.5, 0.6) is 5.75 Å². The largest absolute Gasteiger partial charge is 0.484 e. The van der Waals surface area contributed by atoms with Gasteiger partial charge >= 0.3 is 0 Å². The zero-order valence-electron chi connectivity index (χ0n) is 17.9. The number of ketones is 1. The van der Waals surface area contributed by atoms with Crippen molar-refractivity contribution in [2.24, 2.45) is 0 Å². The minimum absolute atomic E-state index is 0.0373. The number of benzene rings is 2. The van der Waals surface area contributed by atoms with Crippen LogP contribution in [0.15, 0.2) is 53.4 Å². The predicted molar refractivity (Wildman–Crippen MR) is 123 cm³/mol. The highest BCUT2D eigenvalue weighted by Crippen LogP contribution is 2.31. The van der Waals surface area contributed by atoms with Crippen LogP contribution < -0.4 is 10.1 Å². The molecular formula is C24H24N2O5S. The number of rotatable bonds is 9. The molecule has 0 aliphatic carbocycles. The van der Waals surface area contributed by atoms with Gasteiger partial charge in [-0.2, -0.15) is 0 Å². The standard InChI is InChI=1S/C24H24N2O5S/c1-3-20(27)18-8-10-19(11-9-18)31-15-22(28)25-12-13-26-23(29)21(32-24(26)30)14-17-6-4-16(2)5-7-17/h4-11,14H,3,12-13,15H2,1-2H3,(H,25,28)/b21-14-. The maximum absolute atomic E-state index is 12.5. The van der Waals surface area contributed by atoms with Crippen molar-refractivity contribution in [1.29, 1.82) is 0 Å². The zero-order valence-corrected chi connectivity index (χ0v) is 18.7. The van der Waals surface area contributed by atoms with Crippen LogP contribution in [0.1, 0.15) is 34.8 Å². The molecule has 3 amide bonds. The van der Waals surface area contributed by atoms with Crippen molar-refractivity contribution in [3.8, 4) is 5.75 Å². The fraction of sp³-hybridized carbons (Fsp3) is 0.250. The molecule has 2 aromatic carbocycles. The second kappa shape index (κ2) is 10.8. The summed E-state index contributed by atoms with van der Waals surface area (Å²) in [6, 6.07) is 14.2. The molecule has 1 fully saturated rings. The highest BCUT2D eigenvalue weighted by Gasteiger charge is 2.34. The lowest BCUT2D eigenvalue weighted by atomic mass is 10.1. The average molecular weight is 453 g/mol. The van der Waals surface area contributed by atoms with E-state index in [9.17, 15) is 19.2 Å². The Morgan fingerprint density at radius 3 is 2.41 bits per heavy atom. The first-order chi connectivity index (χ1) is 15.4. The summed E-state index contributed by atoms with van der Waals surface area (Å²) in [5, 5.41) is 2.28. The second-order valence-corrected chi connectivity index (χ2v) is 8.18. The molecule has 0 aromatic heterocycles. The molecule has 166 valence electrons. The molecular weight excluding hydrogens is 428 g/mol. The van der Waals surface area contributed by atoms with Gasteiger partial charge in [0.25, 0.3) is 17.1 Å². The van der Waals surface area contributed by atoms with Gasteiger partial charge in [-0.3, -0.25) is 24.1 Å². The number of aryl methyl sites for hydroxylation is 1. The number of thioether (sulfide) groups is 1. The van der Waals surface area contributed by atoms with E-state index < -0.39 is 0 Å². The Morgan fingerprint density at radius 1 is 1.06 bits per heavy atom. The van der Waals surface area contributed by atoms with Crippen LogP contribution in [-0.2, 0) is 9.59 Å². The van der Waals surface area contributed by atoms with Gasteiger partial charge in [-0.25, -0.2) is 0 Å². The summed E-state index contributed by atoms with van der Waals surface area (Å²) < 4.78 is 5.41. The highest BCUT2D eigenvalue weighted by atomic mass is 32.2. The lowest BCUT2D eigenvalue weighted by Gasteiger charge is -2.13. The van der Waals surface area contributed by atoms with Crippen LogP contribution in [0.25, 0.3) is 6.08 Å². The van der Waals surface area contributed by atoms with Crippen molar-refractivity contribution in [3.05, 3.63) is 70.1 Å². The van der Waals surface area contributed by atoms with Gasteiger partial charge in [-0.1, -0.05) is 36.8 Å². The number of nitrogens with zero attached hydrogens (tertiary/aromatic N) is 1. The third-order valence-electron chi connectivity index (χ3n) is 4.77. The number of nitrogens with one attached hydrogen (secondary N) is 1. The first-order valence-electron chi connectivity index (χ1n) is 10.2.